The Morgan fingerprint density at radius 2 is 1.81 bits per heavy atom. The fraction of sp³-hybridized carbons (Fsp3) is 0.143. The first-order valence-electron chi connectivity index (χ1n) is 8.62. The van der Waals surface area contributed by atoms with Gasteiger partial charge in [-0.1, -0.05) is 0 Å². The fourth-order valence-electron chi connectivity index (χ4n) is 3.47. The molecule has 4 aromatic rings. The molecule has 6 heteroatoms. The molecule has 0 aliphatic heterocycles. The van der Waals surface area contributed by atoms with Gasteiger partial charge in [0, 0.05) is 50.7 Å². The molecule has 5 rings (SSSR count). The van der Waals surface area contributed by atoms with Crippen molar-refractivity contribution in [1.29, 1.82) is 0 Å². The molecule has 1 aliphatic rings. The van der Waals surface area contributed by atoms with Crippen molar-refractivity contribution in [2.45, 2.75) is 6.42 Å². The molecule has 27 heavy (non-hydrogen) atoms. The zero-order chi connectivity index (χ0) is 18.4. The maximum Gasteiger partial charge on any atom is 0.212 e. The third-order valence-corrected chi connectivity index (χ3v) is 6.06. The van der Waals surface area contributed by atoms with Crippen molar-refractivity contribution < 1.29 is 9.47 Å². The van der Waals surface area contributed by atoms with E-state index in [1.807, 2.05) is 41.8 Å². The van der Waals surface area contributed by atoms with Crippen molar-refractivity contribution in [1.82, 2.24) is 15.2 Å². The average molecular weight is 375 g/mol. The minimum absolute atomic E-state index is 0.628. The highest BCUT2D eigenvalue weighted by atomic mass is 32.1. The summed E-state index contributed by atoms with van der Waals surface area (Å²) in [6.45, 7) is 0. The van der Waals surface area contributed by atoms with Gasteiger partial charge in [-0.15, -0.1) is 11.3 Å². The lowest BCUT2D eigenvalue weighted by molar-refractivity contribution is 0.398. The van der Waals surface area contributed by atoms with Gasteiger partial charge in [-0.2, -0.15) is 5.10 Å². The predicted octanol–water partition coefficient (Wildman–Crippen LogP) is 4.79. The second-order valence-electron chi connectivity index (χ2n) is 6.37. The van der Waals surface area contributed by atoms with Crippen LogP contribution in [0.15, 0.2) is 48.7 Å². The molecule has 0 spiro atoms. The number of methoxy groups -OCH3 is 2. The summed E-state index contributed by atoms with van der Waals surface area (Å²) in [6, 6.07) is 14.2. The number of rotatable bonds is 4. The van der Waals surface area contributed by atoms with Crippen LogP contribution in [0.3, 0.4) is 0 Å². The molecule has 3 heterocycles. The number of pyridine rings is 1. The molecule has 1 aliphatic carbocycles. The van der Waals surface area contributed by atoms with Crippen LogP contribution in [0.25, 0.3) is 33.0 Å². The van der Waals surface area contributed by atoms with Crippen molar-refractivity contribution in [3.8, 4) is 44.6 Å². The molecule has 1 N–H and O–H groups in total. The molecule has 0 radical (unpaired) electrons. The highest BCUT2D eigenvalue weighted by Gasteiger charge is 2.27. The number of thiophene rings is 1. The number of nitrogens with zero attached hydrogens (tertiary/aromatic N) is 2. The number of aromatic amines is 1. The minimum atomic E-state index is 0.628. The molecule has 0 saturated carbocycles. The summed E-state index contributed by atoms with van der Waals surface area (Å²) in [5.74, 6) is 1.48. The largest absolute Gasteiger partial charge is 0.497 e. The van der Waals surface area contributed by atoms with E-state index in [9.17, 15) is 0 Å². The van der Waals surface area contributed by atoms with Crippen LogP contribution >= 0.6 is 11.3 Å². The van der Waals surface area contributed by atoms with Crippen molar-refractivity contribution in [3.05, 3.63) is 59.1 Å². The molecular formula is C21H17N3O2S. The van der Waals surface area contributed by atoms with Gasteiger partial charge in [0.15, 0.2) is 0 Å². The maximum absolute atomic E-state index is 5.25. The van der Waals surface area contributed by atoms with E-state index in [0.717, 1.165) is 34.7 Å². The summed E-state index contributed by atoms with van der Waals surface area (Å²) in [6.07, 6.45) is 2.76. The molecule has 0 atom stereocenters. The van der Waals surface area contributed by atoms with Gasteiger partial charge in [-0.3, -0.25) is 5.10 Å². The van der Waals surface area contributed by atoms with Gasteiger partial charge >= 0.3 is 0 Å². The van der Waals surface area contributed by atoms with Crippen molar-refractivity contribution in [2.24, 2.45) is 0 Å². The van der Waals surface area contributed by atoms with Gasteiger partial charge in [0.05, 0.1) is 25.6 Å². The fourth-order valence-corrected chi connectivity index (χ4v) is 4.64. The van der Waals surface area contributed by atoms with Gasteiger partial charge in [-0.05, 0) is 36.4 Å². The first-order valence-corrected chi connectivity index (χ1v) is 9.43. The number of ether oxygens (including phenoxy) is 2. The zero-order valence-corrected chi connectivity index (χ0v) is 15.8. The summed E-state index contributed by atoms with van der Waals surface area (Å²) >= 11 is 1.81. The number of nitrogens with one attached hydrogen (secondary N) is 1. The van der Waals surface area contributed by atoms with Crippen LogP contribution in [-0.4, -0.2) is 29.4 Å². The SMILES string of the molecule is COc1ccc(-c2n[nH]c3c2Cc2sc(-c4ccc(OC)nc4)cc2-3)cc1. The molecule has 1 aromatic carbocycles. The molecule has 5 nitrogen and oxygen atoms in total. The minimum Gasteiger partial charge on any atom is -0.497 e. The summed E-state index contributed by atoms with van der Waals surface area (Å²) in [5.41, 5.74) is 6.85. The predicted molar refractivity (Wildman–Crippen MR) is 106 cm³/mol. The molecule has 134 valence electrons. The van der Waals surface area contributed by atoms with Crippen molar-refractivity contribution in [2.75, 3.05) is 14.2 Å². The quantitative estimate of drug-likeness (QED) is 0.491. The van der Waals surface area contributed by atoms with E-state index in [1.54, 1.807) is 14.2 Å². The number of fused-ring (bicyclic) bond motifs is 3. The highest BCUT2D eigenvalue weighted by molar-refractivity contribution is 7.16. The normalized spacial score (nSPS) is 11.9. The van der Waals surface area contributed by atoms with Gasteiger partial charge in [0.1, 0.15) is 5.75 Å². The van der Waals surface area contributed by atoms with Crippen LogP contribution in [-0.2, 0) is 6.42 Å². The second kappa shape index (κ2) is 6.25. The standard InChI is InChI=1S/C21H17N3O2S/c1-25-14-6-3-12(4-7-14)20-16-10-18-15(21(16)24-23-20)9-17(27-18)13-5-8-19(26-2)22-11-13/h3-9,11H,10H2,1-2H3,(H,23,24). The highest BCUT2D eigenvalue weighted by Crippen LogP contribution is 2.46. The molecule has 0 unspecified atom stereocenters. The average Bonchev–Trinajstić information content (AvgIpc) is 3.39. The van der Waals surface area contributed by atoms with Crippen LogP contribution in [0, 0.1) is 0 Å². The molecular weight excluding hydrogens is 358 g/mol. The Labute approximate surface area is 160 Å². The van der Waals surface area contributed by atoms with Crippen LogP contribution in [0.1, 0.15) is 10.4 Å². The number of aromatic nitrogens is 3. The van der Waals surface area contributed by atoms with E-state index >= 15 is 0 Å². The number of hydrogen-bond acceptors (Lipinski definition) is 5. The third kappa shape index (κ3) is 2.61. The summed E-state index contributed by atoms with van der Waals surface area (Å²) in [7, 11) is 3.30. The van der Waals surface area contributed by atoms with E-state index < -0.39 is 0 Å². The van der Waals surface area contributed by atoms with E-state index in [1.165, 1.54) is 20.9 Å². The van der Waals surface area contributed by atoms with Crippen LogP contribution in [0.4, 0.5) is 0 Å². The monoisotopic (exact) mass is 375 g/mol. The summed E-state index contributed by atoms with van der Waals surface area (Å²) in [4.78, 5) is 6.88. The Bertz CT molecular complexity index is 1110. The Kier molecular flexibility index (Phi) is 3.72. The lowest BCUT2D eigenvalue weighted by Gasteiger charge is -2.03. The second-order valence-corrected chi connectivity index (χ2v) is 7.50. The lowest BCUT2D eigenvalue weighted by Crippen LogP contribution is -1.87. The van der Waals surface area contributed by atoms with Crippen molar-refractivity contribution in [3.63, 3.8) is 0 Å². The first-order chi connectivity index (χ1) is 13.3. The molecule has 0 amide bonds. The van der Waals surface area contributed by atoms with Crippen LogP contribution < -0.4 is 9.47 Å². The Morgan fingerprint density at radius 1 is 1.00 bits per heavy atom. The number of benzene rings is 1. The first kappa shape index (κ1) is 16.1. The van der Waals surface area contributed by atoms with Crippen LogP contribution in [0.5, 0.6) is 11.6 Å². The maximum atomic E-state index is 5.25. The Balaban J connectivity index is 1.49. The van der Waals surface area contributed by atoms with E-state index in [4.69, 9.17) is 9.47 Å². The van der Waals surface area contributed by atoms with Crippen molar-refractivity contribution >= 4 is 11.3 Å². The molecule has 0 fully saturated rings. The number of hydrogen-bond donors (Lipinski definition) is 1. The van der Waals surface area contributed by atoms with Gasteiger partial charge < -0.3 is 9.47 Å². The van der Waals surface area contributed by atoms with Gasteiger partial charge in [0.25, 0.3) is 0 Å². The molecule has 3 aromatic heterocycles. The van der Waals surface area contributed by atoms with Gasteiger partial charge in [-0.25, -0.2) is 4.98 Å². The topological polar surface area (TPSA) is 60.0 Å². The third-order valence-electron chi connectivity index (χ3n) is 4.88. The summed E-state index contributed by atoms with van der Waals surface area (Å²) < 4.78 is 10.4. The zero-order valence-electron chi connectivity index (χ0n) is 14.9. The van der Waals surface area contributed by atoms with Crippen LogP contribution in [0.2, 0.25) is 0 Å². The van der Waals surface area contributed by atoms with E-state index in [-0.39, 0.29) is 0 Å². The molecule has 0 saturated heterocycles. The Morgan fingerprint density at radius 3 is 2.52 bits per heavy atom. The van der Waals surface area contributed by atoms with Gasteiger partial charge in [0.2, 0.25) is 5.88 Å². The smallest absolute Gasteiger partial charge is 0.212 e. The summed E-state index contributed by atoms with van der Waals surface area (Å²) in [5, 5.41) is 7.82. The number of H-pyrrole nitrogens is 1. The van der Waals surface area contributed by atoms with E-state index in [2.05, 4.69) is 33.4 Å². The molecule has 0 bridgehead atoms. The Hall–Kier alpha value is -3.12. The lowest BCUT2D eigenvalue weighted by atomic mass is 10.1. The van der Waals surface area contributed by atoms with E-state index in [0.29, 0.717) is 5.88 Å².